The Morgan fingerprint density at radius 2 is 1.68 bits per heavy atom. The van der Waals surface area contributed by atoms with Crippen molar-refractivity contribution in [3.05, 3.63) is 63.9 Å². The summed E-state index contributed by atoms with van der Waals surface area (Å²) < 4.78 is 28.0. The predicted octanol–water partition coefficient (Wildman–Crippen LogP) is 4.39. The molecule has 0 spiro atoms. The van der Waals surface area contributed by atoms with Crippen LogP contribution >= 0.6 is 27.3 Å². The number of hydrogen-bond acceptors (Lipinski definition) is 5. The first-order valence-corrected chi connectivity index (χ1v) is 12.1. The molecule has 8 heteroatoms. The first kappa shape index (κ1) is 19.6. The van der Waals surface area contributed by atoms with Gasteiger partial charge in [0.15, 0.2) is 5.13 Å². The Morgan fingerprint density at radius 3 is 2.36 bits per heavy atom. The van der Waals surface area contributed by atoms with Crippen molar-refractivity contribution in [3.8, 4) is 11.3 Å². The molecular formula is C20H20BrN3O2S2. The fourth-order valence-corrected chi connectivity index (χ4v) is 6.45. The topological polar surface area (TPSA) is 53.5 Å². The molecule has 2 aromatic carbocycles. The van der Waals surface area contributed by atoms with Gasteiger partial charge in [-0.2, -0.15) is 4.31 Å². The molecule has 0 N–H and O–H groups in total. The molecular weight excluding hydrogens is 458 g/mol. The van der Waals surface area contributed by atoms with E-state index in [9.17, 15) is 8.42 Å². The van der Waals surface area contributed by atoms with Gasteiger partial charge < -0.3 is 4.90 Å². The maximum absolute atomic E-state index is 12.9. The molecule has 146 valence electrons. The first-order valence-electron chi connectivity index (χ1n) is 8.97. The van der Waals surface area contributed by atoms with Gasteiger partial charge in [0.1, 0.15) is 0 Å². The fraction of sp³-hybridized carbons (Fsp3) is 0.250. The predicted molar refractivity (Wildman–Crippen MR) is 117 cm³/mol. The second-order valence-electron chi connectivity index (χ2n) is 6.70. The maximum Gasteiger partial charge on any atom is 0.244 e. The molecule has 1 aromatic heterocycles. The van der Waals surface area contributed by atoms with E-state index in [4.69, 9.17) is 4.98 Å². The van der Waals surface area contributed by atoms with E-state index in [1.165, 1.54) is 5.56 Å². The number of halogens is 1. The average Bonchev–Trinajstić information content (AvgIpc) is 3.19. The van der Waals surface area contributed by atoms with Gasteiger partial charge in [0, 0.05) is 41.6 Å². The zero-order valence-electron chi connectivity index (χ0n) is 15.4. The van der Waals surface area contributed by atoms with Gasteiger partial charge in [-0.1, -0.05) is 42.0 Å². The third-order valence-electron chi connectivity index (χ3n) is 4.80. The van der Waals surface area contributed by atoms with E-state index in [1.807, 2.05) is 6.07 Å². The highest BCUT2D eigenvalue weighted by atomic mass is 79.9. The number of hydrogen-bond donors (Lipinski definition) is 0. The zero-order valence-corrected chi connectivity index (χ0v) is 18.6. The van der Waals surface area contributed by atoms with Crippen molar-refractivity contribution in [2.75, 3.05) is 31.1 Å². The smallest absolute Gasteiger partial charge is 0.244 e. The maximum atomic E-state index is 12.9. The van der Waals surface area contributed by atoms with Crippen molar-refractivity contribution < 1.29 is 8.42 Å². The number of thiazole rings is 1. The van der Waals surface area contributed by atoms with Crippen LogP contribution in [0.15, 0.2) is 63.3 Å². The lowest BCUT2D eigenvalue weighted by atomic mass is 10.1. The van der Waals surface area contributed by atoms with E-state index in [2.05, 4.69) is 57.4 Å². The Hall–Kier alpha value is -1.74. The molecule has 0 atom stereocenters. The highest BCUT2D eigenvalue weighted by Gasteiger charge is 2.30. The van der Waals surface area contributed by atoms with E-state index >= 15 is 0 Å². The number of benzene rings is 2. The Kier molecular flexibility index (Phi) is 5.55. The van der Waals surface area contributed by atoms with E-state index in [0.29, 0.717) is 35.5 Å². The summed E-state index contributed by atoms with van der Waals surface area (Å²) in [7, 11) is -3.50. The molecule has 0 saturated carbocycles. The van der Waals surface area contributed by atoms with Crippen molar-refractivity contribution in [1.29, 1.82) is 0 Å². The molecule has 4 rings (SSSR count). The van der Waals surface area contributed by atoms with Crippen LogP contribution < -0.4 is 4.90 Å². The lowest BCUT2D eigenvalue weighted by molar-refractivity contribution is 0.384. The standard InChI is InChI=1S/C20H20BrN3O2S2/c1-15-6-8-16(9-7-15)18-14-27-20(22-18)23-10-12-24(13-11-23)28(25,26)19-5-3-2-4-17(19)21/h2-9,14H,10-13H2,1H3. The molecule has 1 aliphatic heterocycles. The number of aromatic nitrogens is 1. The number of sulfonamides is 1. The van der Waals surface area contributed by atoms with Crippen molar-refractivity contribution in [2.45, 2.75) is 11.8 Å². The van der Waals surface area contributed by atoms with Crippen molar-refractivity contribution >= 4 is 42.4 Å². The normalized spacial score (nSPS) is 15.7. The highest BCUT2D eigenvalue weighted by Crippen LogP contribution is 2.30. The van der Waals surface area contributed by atoms with Crippen molar-refractivity contribution in [3.63, 3.8) is 0 Å². The van der Waals surface area contributed by atoms with Gasteiger partial charge in [-0.3, -0.25) is 0 Å². The van der Waals surface area contributed by atoms with Crippen LogP contribution in [0, 0.1) is 6.92 Å². The molecule has 0 amide bonds. The van der Waals surface area contributed by atoms with Gasteiger partial charge >= 0.3 is 0 Å². The number of rotatable bonds is 4. The Bertz CT molecular complexity index is 1070. The van der Waals surface area contributed by atoms with Crippen LogP contribution in [0.2, 0.25) is 0 Å². The first-order chi connectivity index (χ1) is 13.4. The largest absolute Gasteiger partial charge is 0.345 e. The number of nitrogens with zero attached hydrogens (tertiary/aromatic N) is 3. The Balaban J connectivity index is 1.46. The third-order valence-corrected chi connectivity index (χ3v) is 8.62. The van der Waals surface area contributed by atoms with Crippen LogP contribution in [0.4, 0.5) is 5.13 Å². The summed E-state index contributed by atoms with van der Waals surface area (Å²) >= 11 is 4.95. The minimum atomic E-state index is -3.50. The molecule has 1 saturated heterocycles. The van der Waals surface area contributed by atoms with E-state index in [0.717, 1.165) is 16.4 Å². The summed E-state index contributed by atoms with van der Waals surface area (Å²) in [6.45, 7) is 4.22. The van der Waals surface area contributed by atoms with E-state index in [1.54, 1.807) is 33.8 Å². The molecule has 0 bridgehead atoms. The molecule has 0 aliphatic carbocycles. The third kappa shape index (κ3) is 3.87. The summed E-state index contributed by atoms with van der Waals surface area (Å²) in [5.74, 6) is 0. The van der Waals surface area contributed by atoms with Gasteiger partial charge in [-0.05, 0) is 35.0 Å². The minimum absolute atomic E-state index is 0.319. The SMILES string of the molecule is Cc1ccc(-c2csc(N3CCN(S(=O)(=O)c4ccccc4Br)CC3)n2)cc1. The average molecular weight is 478 g/mol. The molecule has 1 aliphatic rings. The summed E-state index contributed by atoms with van der Waals surface area (Å²) in [5.41, 5.74) is 3.29. The molecule has 28 heavy (non-hydrogen) atoms. The summed E-state index contributed by atoms with van der Waals surface area (Å²) in [6.07, 6.45) is 0. The molecule has 1 fully saturated rings. The van der Waals surface area contributed by atoms with Crippen LogP contribution in [0.3, 0.4) is 0 Å². The molecule has 3 aromatic rings. The van der Waals surface area contributed by atoms with Gasteiger partial charge in [0.2, 0.25) is 10.0 Å². The van der Waals surface area contributed by atoms with Crippen LogP contribution in [0.5, 0.6) is 0 Å². The number of aryl methyl sites for hydroxylation is 1. The van der Waals surface area contributed by atoms with Crippen molar-refractivity contribution in [1.82, 2.24) is 9.29 Å². The monoisotopic (exact) mass is 477 g/mol. The minimum Gasteiger partial charge on any atom is -0.345 e. The second kappa shape index (κ2) is 7.94. The highest BCUT2D eigenvalue weighted by molar-refractivity contribution is 9.10. The van der Waals surface area contributed by atoms with Gasteiger partial charge in [-0.25, -0.2) is 13.4 Å². The molecule has 0 radical (unpaired) electrons. The van der Waals surface area contributed by atoms with Crippen LogP contribution in [-0.2, 0) is 10.0 Å². The molecule has 2 heterocycles. The lowest BCUT2D eigenvalue weighted by Crippen LogP contribution is -2.48. The lowest BCUT2D eigenvalue weighted by Gasteiger charge is -2.33. The van der Waals surface area contributed by atoms with Crippen molar-refractivity contribution in [2.24, 2.45) is 0 Å². The van der Waals surface area contributed by atoms with E-state index < -0.39 is 10.0 Å². The summed E-state index contributed by atoms with van der Waals surface area (Å²) in [4.78, 5) is 7.24. The second-order valence-corrected chi connectivity index (χ2v) is 10.3. The number of piperazine rings is 1. The number of anilines is 1. The van der Waals surface area contributed by atoms with Gasteiger partial charge in [0.25, 0.3) is 0 Å². The molecule has 5 nitrogen and oxygen atoms in total. The fourth-order valence-electron chi connectivity index (χ4n) is 3.18. The van der Waals surface area contributed by atoms with Crippen LogP contribution in [0.25, 0.3) is 11.3 Å². The van der Waals surface area contributed by atoms with Crippen LogP contribution in [0.1, 0.15) is 5.56 Å². The molecule has 0 unspecified atom stereocenters. The van der Waals surface area contributed by atoms with Gasteiger partial charge in [-0.15, -0.1) is 11.3 Å². The van der Waals surface area contributed by atoms with E-state index in [-0.39, 0.29) is 0 Å². The van der Waals surface area contributed by atoms with Crippen LogP contribution in [-0.4, -0.2) is 43.9 Å². The quantitative estimate of drug-likeness (QED) is 0.558. The Labute approximate surface area is 177 Å². The summed E-state index contributed by atoms with van der Waals surface area (Å²) in [5, 5.41) is 3.00. The Morgan fingerprint density at radius 1 is 1.00 bits per heavy atom. The zero-order chi connectivity index (χ0) is 19.7. The van der Waals surface area contributed by atoms with Gasteiger partial charge in [0.05, 0.1) is 10.6 Å². The summed E-state index contributed by atoms with van der Waals surface area (Å²) in [6, 6.07) is 15.3.